The summed E-state index contributed by atoms with van der Waals surface area (Å²) in [6, 6.07) is 36.8. The molecule has 0 aliphatic heterocycles. The van der Waals surface area contributed by atoms with Gasteiger partial charge in [0.05, 0.1) is 0 Å². The first-order chi connectivity index (χ1) is 18.6. The molecule has 0 unspecified atom stereocenters. The summed E-state index contributed by atoms with van der Waals surface area (Å²) < 4.78 is 12.6. The van der Waals surface area contributed by atoms with Crippen LogP contribution >= 0.6 is 9.64 Å². The molecular formula is C32H24ClGaN2O2. The Bertz CT molecular complexity index is 1630. The van der Waals surface area contributed by atoms with Gasteiger partial charge in [-0.3, -0.25) is 0 Å². The fraction of sp³-hybridized carbons (Fsp3) is 0.0625. The molecule has 4 nitrogen and oxygen atoms in total. The molecule has 0 saturated heterocycles. The molecule has 2 heterocycles. The molecule has 38 heavy (non-hydrogen) atoms. The van der Waals surface area contributed by atoms with Crippen molar-refractivity contribution < 1.29 is 7.06 Å². The predicted octanol–water partition coefficient (Wildman–Crippen LogP) is 8.42. The second-order valence-electron chi connectivity index (χ2n) is 9.16. The first-order valence-corrected chi connectivity index (χ1v) is 17.6. The molecule has 2 aromatic heterocycles. The van der Waals surface area contributed by atoms with Crippen LogP contribution < -0.4 is 7.06 Å². The SMILES string of the molecule is Cc1ccc2c(-c3ccccc3)ccc([O][Ga]([Cl])[O]c3ccc(-c4ccccc4)c4ccc(C)nc34)c2n1. The summed E-state index contributed by atoms with van der Waals surface area (Å²) in [7, 11) is 6.83. The van der Waals surface area contributed by atoms with Gasteiger partial charge in [-0.25, -0.2) is 0 Å². The molecule has 0 N–H and O–H groups in total. The first-order valence-electron chi connectivity index (χ1n) is 12.5. The molecule has 184 valence electrons. The van der Waals surface area contributed by atoms with Gasteiger partial charge in [-0.05, 0) is 0 Å². The van der Waals surface area contributed by atoms with Gasteiger partial charge in [-0.1, -0.05) is 0 Å². The van der Waals surface area contributed by atoms with E-state index >= 15 is 0 Å². The van der Waals surface area contributed by atoms with Gasteiger partial charge in [-0.15, -0.1) is 0 Å². The molecule has 0 aliphatic rings. The maximum absolute atomic E-state index is 6.83. The molecule has 0 atom stereocenters. The number of rotatable bonds is 6. The van der Waals surface area contributed by atoms with Crippen molar-refractivity contribution in [2.75, 3.05) is 0 Å². The van der Waals surface area contributed by atoms with E-state index in [1.807, 2.05) is 74.5 Å². The molecule has 0 bridgehead atoms. The summed E-state index contributed by atoms with van der Waals surface area (Å²) in [5.41, 5.74) is 7.84. The van der Waals surface area contributed by atoms with Crippen LogP contribution in [-0.4, -0.2) is 25.9 Å². The number of nitrogens with zero attached hydrogens (tertiary/aromatic N) is 2. The third kappa shape index (κ3) is 4.88. The van der Waals surface area contributed by atoms with Crippen molar-refractivity contribution in [3.05, 3.63) is 121 Å². The monoisotopic (exact) mass is 572 g/mol. The zero-order valence-electron chi connectivity index (χ0n) is 21.1. The number of aromatic nitrogens is 2. The van der Waals surface area contributed by atoms with Gasteiger partial charge in [0.25, 0.3) is 0 Å². The van der Waals surface area contributed by atoms with Crippen LogP contribution in [0.4, 0.5) is 0 Å². The van der Waals surface area contributed by atoms with E-state index in [-0.39, 0.29) is 0 Å². The van der Waals surface area contributed by atoms with Crippen molar-refractivity contribution in [3.8, 4) is 33.8 Å². The van der Waals surface area contributed by atoms with E-state index < -0.39 is 15.9 Å². The Kier molecular flexibility index (Phi) is 6.81. The van der Waals surface area contributed by atoms with Gasteiger partial charge in [0.1, 0.15) is 0 Å². The van der Waals surface area contributed by atoms with E-state index in [0.717, 1.165) is 55.4 Å². The summed E-state index contributed by atoms with van der Waals surface area (Å²) in [5, 5.41) is 2.03. The zero-order valence-corrected chi connectivity index (χ0v) is 24.2. The van der Waals surface area contributed by atoms with Gasteiger partial charge < -0.3 is 0 Å². The van der Waals surface area contributed by atoms with E-state index in [9.17, 15) is 0 Å². The third-order valence-corrected chi connectivity index (χ3v) is 9.30. The van der Waals surface area contributed by atoms with E-state index in [1.165, 1.54) is 0 Å². The van der Waals surface area contributed by atoms with Crippen molar-refractivity contribution in [2.24, 2.45) is 0 Å². The summed E-state index contributed by atoms with van der Waals surface area (Å²) in [5.74, 6) is 1.27. The summed E-state index contributed by atoms with van der Waals surface area (Å²) >= 11 is -3.25. The number of aryl methyl sites for hydroxylation is 2. The summed E-state index contributed by atoms with van der Waals surface area (Å²) in [6.45, 7) is 3.95. The average Bonchev–Trinajstić information content (AvgIpc) is 2.94. The predicted molar refractivity (Wildman–Crippen MR) is 157 cm³/mol. The number of fused-ring (bicyclic) bond motifs is 2. The number of hydrogen-bond acceptors (Lipinski definition) is 4. The number of pyridine rings is 2. The van der Waals surface area contributed by atoms with Crippen LogP contribution in [0.25, 0.3) is 44.1 Å². The number of hydrogen-bond donors (Lipinski definition) is 0. The minimum atomic E-state index is -3.25. The Labute approximate surface area is 231 Å². The Balaban J connectivity index is 1.35. The summed E-state index contributed by atoms with van der Waals surface area (Å²) in [6.07, 6.45) is 0. The molecule has 0 spiro atoms. The van der Waals surface area contributed by atoms with E-state index in [4.69, 9.17) is 26.7 Å². The van der Waals surface area contributed by atoms with Gasteiger partial charge in [0, 0.05) is 0 Å². The van der Waals surface area contributed by atoms with Crippen LogP contribution in [0, 0.1) is 13.8 Å². The Morgan fingerprint density at radius 3 is 1.37 bits per heavy atom. The molecule has 0 aliphatic carbocycles. The zero-order chi connectivity index (χ0) is 26.1. The van der Waals surface area contributed by atoms with Crippen LogP contribution in [0.3, 0.4) is 0 Å². The van der Waals surface area contributed by atoms with Crippen molar-refractivity contribution in [2.45, 2.75) is 13.8 Å². The second-order valence-corrected chi connectivity index (χ2v) is 13.2. The fourth-order valence-corrected chi connectivity index (χ4v) is 7.47. The van der Waals surface area contributed by atoms with Crippen LogP contribution in [0.2, 0.25) is 0 Å². The van der Waals surface area contributed by atoms with E-state index in [0.29, 0.717) is 11.5 Å². The maximum atomic E-state index is 6.83. The molecule has 0 saturated carbocycles. The third-order valence-electron chi connectivity index (χ3n) is 6.53. The molecule has 0 fully saturated rings. The van der Waals surface area contributed by atoms with Gasteiger partial charge in [-0.2, -0.15) is 0 Å². The van der Waals surface area contributed by atoms with Crippen LogP contribution in [0.15, 0.2) is 109 Å². The fourth-order valence-electron chi connectivity index (χ4n) is 4.73. The Hall–Kier alpha value is -3.77. The van der Waals surface area contributed by atoms with Crippen LogP contribution in [0.5, 0.6) is 11.5 Å². The van der Waals surface area contributed by atoms with Crippen LogP contribution in [0.1, 0.15) is 11.4 Å². The minimum absolute atomic E-state index is 0.637. The van der Waals surface area contributed by atoms with E-state index in [2.05, 4.69) is 48.5 Å². The van der Waals surface area contributed by atoms with Gasteiger partial charge in [0.2, 0.25) is 0 Å². The van der Waals surface area contributed by atoms with Crippen molar-refractivity contribution >= 4 is 47.4 Å². The van der Waals surface area contributed by atoms with Gasteiger partial charge >= 0.3 is 233 Å². The van der Waals surface area contributed by atoms with Crippen molar-refractivity contribution in [1.29, 1.82) is 0 Å². The van der Waals surface area contributed by atoms with Crippen molar-refractivity contribution in [1.82, 2.24) is 9.97 Å². The normalized spacial score (nSPS) is 11.0. The topological polar surface area (TPSA) is 44.2 Å². The first kappa shape index (κ1) is 24.6. The summed E-state index contributed by atoms with van der Waals surface area (Å²) in [4.78, 5) is 9.61. The van der Waals surface area contributed by atoms with Crippen LogP contribution in [-0.2, 0) is 0 Å². The molecular weight excluding hydrogens is 550 g/mol. The molecule has 0 amide bonds. The quantitative estimate of drug-likeness (QED) is 0.188. The number of benzene rings is 4. The van der Waals surface area contributed by atoms with Gasteiger partial charge in [0.15, 0.2) is 0 Å². The molecule has 0 radical (unpaired) electrons. The molecule has 6 rings (SSSR count). The van der Waals surface area contributed by atoms with Crippen molar-refractivity contribution in [3.63, 3.8) is 0 Å². The number of halogens is 1. The average molecular weight is 574 g/mol. The standard InChI is InChI=1S/2C16H13NO.ClH.Ga/c2*1-11-7-8-14-13(12-5-3-2-4-6-12)9-10-15(18)16(14)17-11;;/h2*2-10,18H,1H3;1H;/q;;;+3/p-3. The molecule has 6 heteroatoms. The molecule has 6 aromatic rings. The Morgan fingerprint density at radius 2 is 0.947 bits per heavy atom. The van der Waals surface area contributed by atoms with E-state index in [1.54, 1.807) is 0 Å². The molecule has 4 aromatic carbocycles. The second kappa shape index (κ2) is 10.5. The Morgan fingerprint density at radius 1 is 0.526 bits per heavy atom.